The van der Waals surface area contributed by atoms with Gasteiger partial charge in [0.1, 0.15) is 24.7 Å². The quantitative estimate of drug-likeness (QED) is 0.230. The van der Waals surface area contributed by atoms with Crippen LogP contribution in [0.3, 0.4) is 0 Å². The number of furan rings is 1. The Morgan fingerprint density at radius 3 is 1.82 bits per heavy atom. The molecule has 2 heterocycles. The molecule has 40 heavy (non-hydrogen) atoms. The molecule has 6 nitrogen and oxygen atoms in total. The summed E-state index contributed by atoms with van der Waals surface area (Å²) >= 11 is 6.20. The molecule has 202 valence electrons. The van der Waals surface area contributed by atoms with Crippen LogP contribution in [0, 0.1) is 0 Å². The predicted octanol–water partition coefficient (Wildman–Crippen LogP) is 7.32. The van der Waals surface area contributed by atoms with E-state index in [9.17, 15) is 9.59 Å². The molecule has 1 aromatic heterocycles. The third-order valence-corrected chi connectivity index (χ3v) is 6.88. The van der Waals surface area contributed by atoms with Gasteiger partial charge in [0.25, 0.3) is 0 Å². The van der Waals surface area contributed by atoms with Crippen LogP contribution in [0.1, 0.15) is 36.7 Å². The molecule has 0 unspecified atom stereocenters. The fraction of sp³-hybridized carbons (Fsp3) is 0.152. The second-order valence-corrected chi connectivity index (χ2v) is 9.91. The Morgan fingerprint density at radius 2 is 1.30 bits per heavy atom. The lowest BCUT2D eigenvalue weighted by atomic mass is 9.83. The molecule has 5 rings (SSSR count). The number of rotatable bonds is 8. The van der Waals surface area contributed by atoms with Gasteiger partial charge in [-0.15, -0.1) is 0 Å². The summed E-state index contributed by atoms with van der Waals surface area (Å²) in [6.07, 6.45) is 0. The van der Waals surface area contributed by atoms with Gasteiger partial charge in [-0.1, -0.05) is 84.4 Å². The molecule has 0 aliphatic carbocycles. The van der Waals surface area contributed by atoms with Gasteiger partial charge in [-0.2, -0.15) is 0 Å². The van der Waals surface area contributed by atoms with E-state index in [1.165, 1.54) is 0 Å². The number of esters is 2. The highest BCUT2D eigenvalue weighted by atomic mass is 35.5. The summed E-state index contributed by atoms with van der Waals surface area (Å²) in [6.45, 7) is 3.74. The number of carbonyl (C=O) groups excluding carboxylic acids is 2. The van der Waals surface area contributed by atoms with Crippen molar-refractivity contribution in [2.24, 2.45) is 0 Å². The van der Waals surface area contributed by atoms with Gasteiger partial charge >= 0.3 is 11.9 Å². The summed E-state index contributed by atoms with van der Waals surface area (Å²) in [5.41, 5.74) is 4.17. The third kappa shape index (κ3) is 6.03. The highest BCUT2D eigenvalue weighted by molar-refractivity contribution is 6.30. The molecule has 4 aromatic rings. The molecule has 0 radical (unpaired) electrons. The van der Waals surface area contributed by atoms with Gasteiger partial charge in [-0.3, -0.25) is 0 Å². The molecule has 0 bridgehead atoms. The van der Waals surface area contributed by atoms with Crippen LogP contribution in [-0.4, -0.2) is 11.9 Å². The maximum Gasteiger partial charge on any atom is 0.337 e. The first-order valence-electron chi connectivity index (χ1n) is 12.9. The fourth-order valence-electron chi connectivity index (χ4n) is 4.73. The molecule has 0 atom stereocenters. The lowest BCUT2D eigenvalue weighted by Gasteiger charge is -2.29. The molecular formula is C33H28ClNO5. The molecule has 0 fully saturated rings. The lowest BCUT2D eigenvalue weighted by molar-refractivity contribution is -0.141. The van der Waals surface area contributed by atoms with Gasteiger partial charge in [-0.25, -0.2) is 9.59 Å². The average molecular weight is 554 g/mol. The van der Waals surface area contributed by atoms with Crippen LogP contribution in [0.15, 0.2) is 124 Å². The first-order valence-corrected chi connectivity index (χ1v) is 13.2. The van der Waals surface area contributed by atoms with Gasteiger partial charge < -0.3 is 19.2 Å². The van der Waals surface area contributed by atoms with E-state index in [1.54, 1.807) is 38.1 Å². The minimum absolute atomic E-state index is 0.0889. The number of dihydropyridines is 1. The first kappa shape index (κ1) is 27.0. The zero-order chi connectivity index (χ0) is 28.1. The van der Waals surface area contributed by atoms with E-state index >= 15 is 0 Å². The Hall–Kier alpha value is -4.55. The molecule has 1 N–H and O–H groups in total. The van der Waals surface area contributed by atoms with Crippen molar-refractivity contribution in [3.8, 4) is 11.3 Å². The van der Waals surface area contributed by atoms with Crippen LogP contribution in [0.25, 0.3) is 11.3 Å². The van der Waals surface area contributed by atoms with Gasteiger partial charge in [-0.05, 0) is 49.2 Å². The second kappa shape index (κ2) is 12.1. The van der Waals surface area contributed by atoms with Crippen LogP contribution in [0.4, 0.5) is 0 Å². The molecule has 0 saturated heterocycles. The van der Waals surface area contributed by atoms with E-state index in [2.05, 4.69) is 5.32 Å². The van der Waals surface area contributed by atoms with Crippen LogP contribution in [0.2, 0.25) is 5.02 Å². The van der Waals surface area contributed by atoms with E-state index in [0.29, 0.717) is 27.9 Å². The summed E-state index contributed by atoms with van der Waals surface area (Å²) < 4.78 is 17.7. The zero-order valence-electron chi connectivity index (χ0n) is 22.1. The summed E-state index contributed by atoms with van der Waals surface area (Å²) in [6, 6.07) is 29.7. The molecule has 0 spiro atoms. The van der Waals surface area contributed by atoms with Crippen molar-refractivity contribution in [3.63, 3.8) is 0 Å². The van der Waals surface area contributed by atoms with Crippen molar-refractivity contribution < 1.29 is 23.5 Å². The highest BCUT2D eigenvalue weighted by Crippen LogP contribution is 2.41. The van der Waals surface area contributed by atoms with Gasteiger partial charge in [0.15, 0.2) is 0 Å². The second-order valence-electron chi connectivity index (χ2n) is 9.47. The van der Waals surface area contributed by atoms with E-state index in [4.69, 9.17) is 25.5 Å². The minimum atomic E-state index is -0.847. The Balaban J connectivity index is 1.50. The predicted molar refractivity (Wildman–Crippen MR) is 153 cm³/mol. The topological polar surface area (TPSA) is 77.8 Å². The van der Waals surface area contributed by atoms with Crippen molar-refractivity contribution in [1.82, 2.24) is 5.32 Å². The summed E-state index contributed by atoms with van der Waals surface area (Å²) in [4.78, 5) is 27.2. The number of allylic oxidation sites excluding steroid dienone is 2. The Bertz CT molecular complexity index is 1510. The monoisotopic (exact) mass is 553 g/mol. The molecule has 1 aliphatic rings. The number of ether oxygens (including phenoxy) is 2. The van der Waals surface area contributed by atoms with Crippen LogP contribution in [-0.2, 0) is 32.3 Å². The third-order valence-electron chi connectivity index (χ3n) is 6.65. The standard InChI is InChI=1S/C33H28ClNO5/c1-21-29(32(36)38-19-23-10-5-3-6-11-23)31(28-17-16-27(40-28)25-14-9-15-26(34)18-25)30(22(2)35-21)33(37)39-20-24-12-7-4-8-13-24/h3-18,31,35H,19-20H2,1-2H3. The van der Waals surface area contributed by atoms with Crippen molar-refractivity contribution in [2.75, 3.05) is 0 Å². The van der Waals surface area contributed by atoms with Crippen molar-refractivity contribution >= 4 is 23.5 Å². The normalized spacial score (nSPS) is 13.7. The Morgan fingerprint density at radius 1 is 0.750 bits per heavy atom. The van der Waals surface area contributed by atoms with E-state index < -0.39 is 17.9 Å². The largest absolute Gasteiger partial charge is 0.460 e. The van der Waals surface area contributed by atoms with E-state index in [0.717, 1.165) is 16.7 Å². The van der Waals surface area contributed by atoms with Crippen LogP contribution in [0.5, 0.6) is 0 Å². The Labute approximate surface area is 237 Å². The number of hydrogen-bond donors (Lipinski definition) is 1. The zero-order valence-corrected chi connectivity index (χ0v) is 22.9. The highest BCUT2D eigenvalue weighted by Gasteiger charge is 2.40. The van der Waals surface area contributed by atoms with E-state index in [-0.39, 0.29) is 24.4 Å². The number of nitrogens with one attached hydrogen (secondary N) is 1. The van der Waals surface area contributed by atoms with Gasteiger partial charge in [0, 0.05) is 22.0 Å². The number of carbonyl (C=O) groups is 2. The SMILES string of the molecule is CC1=C(C(=O)OCc2ccccc2)C(c2ccc(-c3cccc(Cl)c3)o2)C(C(=O)OCc2ccccc2)=C(C)N1. The molecule has 0 saturated carbocycles. The fourth-order valence-corrected chi connectivity index (χ4v) is 4.92. The molecule has 1 aliphatic heterocycles. The smallest absolute Gasteiger partial charge is 0.337 e. The van der Waals surface area contributed by atoms with Crippen LogP contribution >= 0.6 is 11.6 Å². The van der Waals surface area contributed by atoms with Crippen LogP contribution < -0.4 is 5.32 Å². The average Bonchev–Trinajstić information content (AvgIpc) is 3.46. The maximum atomic E-state index is 13.6. The number of benzene rings is 3. The maximum absolute atomic E-state index is 13.6. The first-order chi connectivity index (χ1) is 19.4. The summed E-state index contributed by atoms with van der Waals surface area (Å²) in [5, 5.41) is 3.75. The number of halogens is 1. The molecular weight excluding hydrogens is 526 g/mol. The van der Waals surface area contributed by atoms with Crippen molar-refractivity contribution in [3.05, 3.63) is 142 Å². The van der Waals surface area contributed by atoms with E-state index in [1.807, 2.05) is 72.8 Å². The lowest BCUT2D eigenvalue weighted by Crippen LogP contribution is -2.32. The molecule has 7 heteroatoms. The molecule has 3 aromatic carbocycles. The van der Waals surface area contributed by atoms with Crippen molar-refractivity contribution in [1.29, 1.82) is 0 Å². The summed E-state index contributed by atoms with van der Waals surface area (Å²) in [7, 11) is 0. The summed E-state index contributed by atoms with van der Waals surface area (Å²) in [5.74, 6) is -0.990. The molecule has 0 amide bonds. The van der Waals surface area contributed by atoms with Gasteiger partial charge in [0.2, 0.25) is 0 Å². The Kier molecular flexibility index (Phi) is 8.18. The van der Waals surface area contributed by atoms with Crippen molar-refractivity contribution in [2.45, 2.75) is 33.0 Å². The minimum Gasteiger partial charge on any atom is -0.460 e. The van der Waals surface area contributed by atoms with Gasteiger partial charge in [0.05, 0.1) is 17.1 Å². The number of hydrogen-bond acceptors (Lipinski definition) is 6.